The van der Waals surface area contributed by atoms with Crippen LogP contribution >= 0.6 is 34.5 Å². The number of nitrogens with one attached hydrogen (secondary N) is 1. The van der Waals surface area contributed by atoms with Crippen molar-refractivity contribution < 1.29 is 8.78 Å². The van der Waals surface area contributed by atoms with E-state index in [0.29, 0.717) is 17.4 Å². The quantitative estimate of drug-likeness (QED) is 0.874. The molecule has 3 rings (SSSR count). The molecule has 118 valence electrons. The Labute approximate surface area is 141 Å². The highest BCUT2D eigenvalue weighted by molar-refractivity contribution is 7.16. The van der Waals surface area contributed by atoms with Crippen LogP contribution in [0.1, 0.15) is 16.5 Å². The van der Waals surface area contributed by atoms with Gasteiger partial charge in [0.1, 0.15) is 11.6 Å². The third kappa shape index (κ3) is 3.29. The molecule has 0 amide bonds. The molecule has 1 aliphatic heterocycles. The maximum atomic E-state index is 14.4. The molecule has 1 N–H and O–H groups in total. The van der Waals surface area contributed by atoms with Gasteiger partial charge in [0.25, 0.3) is 0 Å². The summed E-state index contributed by atoms with van der Waals surface area (Å²) in [7, 11) is 0. The average Bonchev–Trinajstić information content (AvgIpc) is 2.89. The summed E-state index contributed by atoms with van der Waals surface area (Å²) in [5.41, 5.74) is 0.0322. The van der Waals surface area contributed by atoms with E-state index in [1.807, 2.05) is 6.07 Å². The molecule has 2 nitrogen and oxygen atoms in total. The van der Waals surface area contributed by atoms with Gasteiger partial charge in [0.05, 0.1) is 10.4 Å². The van der Waals surface area contributed by atoms with Gasteiger partial charge < -0.3 is 5.32 Å². The fourth-order valence-electron chi connectivity index (χ4n) is 2.73. The summed E-state index contributed by atoms with van der Waals surface area (Å²) in [6, 6.07) is 5.40. The largest absolute Gasteiger partial charge is 0.314 e. The molecule has 2 heterocycles. The van der Waals surface area contributed by atoms with Crippen LogP contribution in [0, 0.1) is 11.6 Å². The summed E-state index contributed by atoms with van der Waals surface area (Å²) >= 11 is 13.1. The van der Waals surface area contributed by atoms with Crippen molar-refractivity contribution in [3.63, 3.8) is 0 Å². The standard InChI is InChI=1S/C15H14Cl2F2N2S/c16-9-7-10(18)14(11(19)8-9)15(12-1-2-13(17)22-12)21-5-3-20-4-6-21/h1-2,7-8,15,20H,3-6H2/t15-/m1/s1. The van der Waals surface area contributed by atoms with Gasteiger partial charge in [0.2, 0.25) is 0 Å². The van der Waals surface area contributed by atoms with Gasteiger partial charge in [0, 0.05) is 41.6 Å². The van der Waals surface area contributed by atoms with Gasteiger partial charge in [0.15, 0.2) is 0 Å². The van der Waals surface area contributed by atoms with Crippen LogP contribution in [0.4, 0.5) is 8.78 Å². The number of benzene rings is 1. The molecule has 7 heteroatoms. The molecule has 2 aromatic rings. The van der Waals surface area contributed by atoms with Crippen molar-refractivity contribution in [1.29, 1.82) is 0 Å². The molecular formula is C15H14Cl2F2N2S. The fourth-order valence-corrected chi connectivity index (χ4v) is 4.13. The number of piperazine rings is 1. The lowest BCUT2D eigenvalue weighted by molar-refractivity contribution is 0.194. The van der Waals surface area contributed by atoms with Crippen molar-refractivity contribution in [3.8, 4) is 0 Å². The smallest absolute Gasteiger partial charge is 0.132 e. The van der Waals surface area contributed by atoms with Gasteiger partial charge in [-0.3, -0.25) is 4.90 Å². The molecule has 1 aromatic heterocycles. The second kappa shape index (κ2) is 6.81. The van der Waals surface area contributed by atoms with Crippen LogP contribution in [0.15, 0.2) is 24.3 Å². The van der Waals surface area contributed by atoms with E-state index >= 15 is 0 Å². The van der Waals surface area contributed by atoms with E-state index in [1.165, 1.54) is 11.3 Å². The van der Waals surface area contributed by atoms with Gasteiger partial charge in [-0.2, -0.15) is 0 Å². The SMILES string of the molecule is Fc1cc(Cl)cc(F)c1[C@@H](c1ccc(Cl)s1)N1CCNCC1. The lowest BCUT2D eigenvalue weighted by atomic mass is 10.0. The van der Waals surface area contributed by atoms with Crippen LogP contribution < -0.4 is 5.32 Å². The summed E-state index contributed by atoms with van der Waals surface area (Å²) in [6.45, 7) is 2.99. The lowest BCUT2D eigenvalue weighted by Gasteiger charge is -2.35. The van der Waals surface area contributed by atoms with Crippen LogP contribution in [0.2, 0.25) is 9.36 Å². The maximum Gasteiger partial charge on any atom is 0.132 e. The minimum absolute atomic E-state index is 0.0322. The van der Waals surface area contributed by atoms with E-state index in [4.69, 9.17) is 23.2 Å². The zero-order valence-electron chi connectivity index (χ0n) is 11.6. The minimum Gasteiger partial charge on any atom is -0.314 e. The summed E-state index contributed by atoms with van der Waals surface area (Å²) < 4.78 is 29.4. The fraction of sp³-hybridized carbons (Fsp3) is 0.333. The first kappa shape index (κ1) is 16.1. The molecule has 0 aliphatic carbocycles. The first-order valence-corrected chi connectivity index (χ1v) is 8.48. The molecule has 0 saturated carbocycles. The second-order valence-electron chi connectivity index (χ2n) is 5.11. The highest BCUT2D eigenvalue weighted by Crippen LogP contribution is 2.38. The third-order valence-corrected chi connectivity index (χ3v) is 5.20. The molecular weight excluding hydrogens is 349 g/mol. The Hall–Kier alpha value is -0.720. The zero-order valence-corrected chi connectivity index (χ0v) is 13.9. The van der Waals surface area contributed by atoms with Crippen molar-refractivity contribution in [1.82, 2.24) is 10.2 Å². The average molecular weight is 363 g/mol. The van der Waals surface area contributed by atoms with Gasteiger partial charge in [-0.25, -0.2) is 8.78 Å². The van der Waals surface area contributed by atoms with Crippen molar-refractivity contribution >= 4 is 34.5 Å². The monoisotopic (exact) mass is 362 g/mol. The maximum absolute atomic E-state index is 14.4. The zero-order chi connectivity index (χ0) is 15.7. The van der Waals surface area contributed by atoms with Crippen molar-refractivity contribution in [2.45, 2.75) is 6.04 Å². The predicted octanol–water partition coefficient (Wildman–Crippen LogP) is 4.33. The second-order valence-corrected chi connectivity index (χ2v) is 7.30. The number of halogens is 4. The Morgan fingerprint density at radius 2 is 1.73 bits per heavy atom. The molecule has 0 spiro atoms. The number of hydrogen-bond donors (Lipinski definition) is 1. The Morgan fingerprint density at radius 1 is 1.09 bits per heavy atom. The van der Waals surface area contributed by atoms with E-state index in [0.717, 1.165) is 30.1 Å². The van der Waals surface area contributed by atoms with Crippen molar-refractivity contribution in [2.75, 3.05) is 26.2 Å². The molecule has 0 unspecified atom stereocenters. The Morgan fingerprint density at radius 3 is 2.27 bits per heavy atom. The number of rotatable bonds is 3. The van der Waals surface area contributed by atoms with Crippen LogP contribution in [-0.4, -0.2) is 31.1 Å². The van der Waals surface area contributed by atoms with E-state index in [2.05, 4.69) is 10.2 Å². The summed E-state index contributed by atoms with van der Waals surface area (Å²) in [5, 5.41) is 3.30. The van der Waals surface area contributed by atoms with E-state index in [1.54, 1.807) is 6.07 Å². The molecule has 0 bridgehead atoms. The van der Waals surface area contributed by atoms with Gasteiger partial charge >= 0.3 is 0 Å². The topological polar surface area (TPSA) is 15.3 Å². The van der Waals surface area contributed by atoms with Gasteiger partial charge in [-0.15, -0.1) is 11.3 Å². The normalized spacial score (nSPS) is 17.6. The van der Waals surface area contributed by atoms with E-state index in [-0.39, 0.29) is 10.6 Å². The Bertz CT molecular complexity index is 648. The highest BCUT2D eigenvalue weighted by Gasteiger charge is 2.30. The lowest BCUT2D eigenvalue weighted by Crippen LogP contribution is -2.45. The van der Waals surface area contributed by atoms with Crippen LogP contribution in [-0.2, 0) is 0 Å². The molecule has 22 heavy (non-hydrogen) atoms. The summed E-state index contributed by atoms with van der Waals surface area (Å²) in [6.07, 6.45) is 0. The number of hydrogen-bond acceptors (Lipinski definition) is 3. The molecule has 1 atom stereocenters. The Kier molecular flexibility index (Phi) is 5.00. The van der Waals surface area contributed by atoms with Crippen molar-refractivity contribution in [3.05, 3.63) is 55.7 Å². The molecule has 1 fully saturated rings. The molecule has 1 aliphatic rings. The summed E-state index contributed by atoms with van der Waals surface area (Å²) in [5.74, 6) is -1.25. The van der Waals surface area contributed by atoms with Crippen LogP contribution in [0.5, 0.6) is 0 Å². The first-order valence-electron chi connectivity index (χ1n) is 6.90. The molecule has 1 saturated heterocycles. The van der Waals surface area contributed by atoms with E-state index in [9.17, 15) is 8.78 Å². The summed E-state index contributed by atoms with van der Waals surface area (Å²) in [4.78, 5) is 2.89. The predicted molar refractivity (Wildman–Crippen MR) is 87.0 cm³/mol. The van der Waals surface area contributed by atoms with Crippen molar-refractivity contribution in [2.24, 2.45) is 0 Å². The highest BCUT2D eigenvalue weighted by atomic mass is 35.5. The van der Waals surface area contributed by atoms with Crippen LogP contribution in [0.25, 0.3) is 0 Å². The number of nitrogens with zero attached hydrogens (tertiary/aromatic N) is 1. The van der Waals surface area contributed by atoms with E-state index < -0.39 is 17.7 Å². The first-order chi connectivity index (χ1) is 10.6. The molecule has 0 radical (unpaired) electrons. The Balaban J connectivity index is 2.09. The van der Waals surface area contributed by atoms with Crippen LogP contribution in [0.3, 0.4) is 0 Å². The third-order valence-electron chi connectivity index (χ3n) is 3.70. The number of thiophene rings is 1. The van der Waals surface area contributed by atoms with Gasteiger partial charge in [-0.05, 0) is 24.3 Å². The minimum atomic E-state index is -0.627. The van der Waals surface area contributed by atoms with Gasteiger partial charge in [-0.1, -0.05) is 23.2 Å². The molecule has 1 aromatic carbocycles.